The lowest BCUT2D eigenvalue weighted by Crippen LogP contribution is -2.34. The number of nitrogens with two attached hydrogens (primary N) is 1. The van der Waals surface area contributed by atoms with Crippen LogP contribution >= 0.6 is 24.0 Å². The molecule has 1 aromatic carbocycles. The summed E-state index contributed by atoms with van der Waals surface area (Å²) in [5, 5.41) is 3.15. The molecule has 0 aliphatic heterocycles. The average Bonchev–Trinajstić information content (AvgIpc) is 2.42. The minimum absolute atomic E-state index is 0. The summed E-state index contributed by atoms with van der Waals surface area (Å²) in [6, 6.07) is 10.4. The number of aliphatic imine (C=N–C) groups is 1. The van der Waals surface area contributed by atoms with Gasteiger partial charge < -0.3 is 16.0 Å². The molecule has 0 aliphatic rings. The molecule has 0 heterocycles. The minimum atomic E-state index is 0. The molecule has 0 unspecified atom stereocenters. The number of rotatable bonds is 7. The molecule has 0 bridgehead atoms. The van der Waals surface area contributed by atoms with Gasteiger partial charge in [0.15, 0.2) is 5.96 Å². The van der Waals surface area contributed by atoms with E-state index in [2.05, 4.69) is 60.4 Å². The van der Waals surface area contributed by atoms with Gasteiger partial charge in [0, 0.05) is 32.4 Å². The molecular formula is C15H27IN4. The minimum Gasteiger partial charge on any atom is -0.375 e. The summed E-state index contributed by atoms with van der Waals surface area (Å²) in [5.41, 5.74) is 7.02. The molecule has 0 saturated heterocycles. The zero-order chi connectivity index (χ0) is 14.1. The first kappa shape index (κ1) is 19.0. The van der Waals surface area contributed by atoms with Gasteiger partial charge in [-0.15, -0.1) is 24.0 Å². The third-order valence-corrected chi connectivity index (χ3v) is 2.80. The summed E-state index contributed by atoms with van der Waals surface area (Å²) in [5.74, 6) is 1.10. The van der Waals surface area contributed by atoms with Crippen LogP contribution in [-0.4, -0.2) is 32.6 Å². The molecule has 0 radical (unpaired) electrons. The molecule has 0 spiro atoms. The van der Waals surface area contributed by atoms with Gasteiger partial charge in [-0.3, -0.25) is 4.99 Å². The number of nitrogens with zero attached hydrogens (tertiary/aromatic N) is 2. The van der Waals surface area contributed by atoms with Crippen LogP contribution in [0.4, 0.5) is 5.69 Å². The van der Waals surface area contributed by atoms with Crippen molar-refractivity contribution in [3.63, 3.8) is 0 Å². The van der Waals surface area contributed by atoms with Gasteiger partial charge in [-0.05, 0) is 24.5 Å². The zero-order valence-electron chi connectivity index (χ0n) is 12.7. The number of guanidine groups is 1. The summed E-state index contributed by atoms with van der Waals surface area (Å²) in [4.78, 5) is 6.51. The van der Waals surface area contributed by atoms with Gasteiger partial charge in [0.2, 0.25) is 0 Å². The standard InChI is InChI=1S/C15H26N4.HI/c1-13(2)12-18-15(16)17-10-7-11-19(3)14-8-5-4-6-9-14;/h4-6,8-9,13H,7,10-12H2,1-3H3,(H3,16,17,18);1H. The quantitative estimate of drug-likeness (QED) is 0.326. The maximum absolute atomic E-state index is 5.78. The van der Waals surface area contributed by atoms with Crippen molar-refractivity contribution < 1.29 is 0 Å². The van der Waals surface area contributed by atoms with Crippen molar-refractivity contribution in [2.24, 2.45) is 16.6 Å². The third-order valence-electron chi connectivity index (χ3n) is 2.80. The molecule has 1 aromatic rings. The second-order valence-electron chi connectivity index (χ2n) is 5.16. The average molecular weight is 390 g/mol. The van der Waals surface area contributed by atoms with E-state index in [1.54, 1.807) is 0 Å². The summed E-state index contributed by atoms with van der Waals surface area (Å²) in [6.45, 7) is 6.89. The van der Waals surface area contributed by atoms with Gasteiger partial charge in [0.1, 0.15) is 0 Å². The normalized spacial score (nSPS) is 11.1. The van der Waals surface area contributed by atoms with Crippen molar-refractivity contribution in [1.29, 1.82) is 0 Å². The van der Waals surface area contributed by atoms with E-state index in [1.807, 2.05) is 6.07 Å². The Morgan fingerprint density at radius 2 is 1.95 bits per heavy atom. The molecule has 20 heavy (non-hydrogen) atoms. The molecule has 4 nitrogen and oxygen atoms in total. The van der Waals surface area contributed by atoms with Crippen molar-refractivity contribution in [3.8, 4) is 0 Å². The number of benzene rings is 1. The fraction of sp³-hybridized carbons (Fsp3) is 0.533. The maximum Gasteiger partial charge on any atom is 0.188 e. The van der Waals surface area contributed by atoms with E-state index in [0.717, 1.165) is 26.1 Å². The molecule has 114 valence electrons. The van der Waals surface area contributed by atoms with Crippen LogP contribution < -0.4 is 16.0 Å². The topological polar surface area (TPSA) is 53.6 Å². The largest absolute Gasteiger partial charge is 0.375 e. The highest BCUT2D eigenvalue weighted by atomic mass is 127. The Balaban J connectivity index is 0.00000361. The van der Waals surface area contributed by atoms with Gasteiger partial charge in [-0.25, -0.2) is 0 Å². The molecule has 0 fully saturated rings. The predicted molar refractivity (Wildman–Crippen MR) is 99.1 cm³/mol. The van der Waals surface area contributed by atoms with Gasteiger partial charge in [-0.2, -0.15) is 0 Å². The first-order valence-corrected chi connectivity index (χ1v) is 6.89. The van der Waals surface area contributed by atoms with Crippen LogP contribution in [-0.2, 0) is 0 Å². The second-order valence-corrected chi connectivity index (χ2v) is 5.16. The third kappa shape index (κ3) is 8.24. The number of halogens is 1. The lowest BCUT2D eigenvalue weighted by molar-refractivity contribution is 0.659. The van der Waals surface area contributed by atoms with Gasteiger partial charge >= 0.3 is 0 Å². The van der Waals surface area contributed by atoms with Gasteiger partial charge in [0.25, 0.3) is 0 Å². The monoisotopic (exact) mass is 390 g/mol. The lowest BCUT2D eigenvalue weighted by atomic mass is 10.2. The SMILES string of the molecule is CC(C)CN=C(N)NCCCN(C)c1ccccc1.I. The Kier molecular flexibility index (Phi) is 10.2. The molecular weight excluding hydrogens is 363 g/mol. The van der Waals surface area contributed by atoms with Crippen LogP contribution in [0.25, 0.3) is 0 Å². The Morgan fingerprint density at radius 1 is 1.30 bits per heavy atom. The molecule has 5 heteroatoms. The number of para-hydroxylation sites is 1. The first-order valence-electron chi connectivity index (χ1n) is 6.89. The Bertz CT molecular complexity index is 379. The van der Waals surface area contributed by atoms with Crippen LogP contribution in [0.3, 0.4) is 0 Å². The highest BCUT2D eigenvalue weighted by Crippen LogP contribution is 2.10. The molecule has 0 amide bonds. The van der Waals surface area contributed by atoms with Crippen molar-refractivity contribution in [3.05, 3.63) is 30.3 Å². The molecule has 0 aliphatic carbocycles. The van der Waals surface area contributed by atoms with E-state index < -0.39 is 0 Å². The fourth-order valence-electron chi connectivity index (χ4n) is 1.68. The molecule has 3 N–H and O–H groups in total. The smallest absolute Gasteiger partial charge is 0.188 e. The lowest BCUT2D eigenvalue weighted by Gasteiger charge is -2.19. The number of hydrogen-bond donors (Lipinski definition) is 2. The highest BCUT2D eigenvalue weighted by molar-refractivity contribution is 14.0. The predicted octanol–water partition coefficient (Wildman–Crippen LogP) is 2.69. The van der Waals surface area contributed by atoms with E-state index in [9.17, 15) is 0 Å². The second kappa shape index (κ2) is 10.8. The molecule has 0 atom stereocenters. The first-order chi connectivity index (χ1) is 9.09. The zero-order valence-corrected chi connectivity index (χ0v) is 15.0. The molecule has 0 aromatic heterocycles. The Hall–Kier alpha value is -0.980. The van der Waals surface area contributed by atoms with Crippen molar-refractivity contribution in [2.75, 3.05) is 31.6 Å². The Labute approximate surface area is 139 Å². The fourth-order valence-corrected chi connectivity index (χ4v) is 1.68. The number of hydrogen-bond acceptors (Lipinski definition) is 2. The summed E-state index contributed by atoms with van der Waals surface area (Å²) in [6.07, 6.45) is 1.03. The van der Waals surface area contributed by atoms with E-state index in [-0.39, 0.29) is 24.0 Å². The van der Waals surface area contributed by atoms with Crippen molar-refractivity contribution in [1.82, 2.24) is 5.32 Å². The maximum atomic E-state index is 5.78. The van der Waals surface area contributed by atoms with Crippen LogP contribution in [0.15, 0.2) is 35.3 Å². The van der Waals surface area contributed by atoms with E-state index in [0.29, 0.717) is 11.9 Å². The Morgan fingerprint density at radius 3 is 2.55 bits per heavy atom. The van der Waals surface area contributed by atoms with Crippen LogP contribution in [0, 0.1) is 5.92 Å². The van der Waals surface area contributed by atoms with Crippen LogP contribution in [0.5, 0.6) is 0 Å². The van der Waals surface area contributed by atoms with Crippen LogP contribution in [0.1, 0.15) is 20.3 Å². The van der Waals surface area contributed by atoms with Gasteiger partial charge in [0.05, 0.1) is 0 Å². The van der Waals surface area contributed by atoms with Crippen molar-refractivity contribution in [2.45, 2.75) is 20.3 Å². The van der Waals surface area contributed by atoms with Crippen molar-refractivity contribution >= 4 is 35.6 Å². The highest BCUT2D eigenvalue weighted by Gasteiger charge is 1.99. The van der Waals surface area contributed by atoms with Gasteiger partial charge in [-0.1, -0.05) is 32.0 Å². The number of nitrogens with one attached hydrogen (secondary N) is 1. The van der Waals surface area contributed by atoms with E-state index in [4.69, 9.17) is 5.73 Å². The molecule has 1 rings (SSSR count). The molecule has 0 saturated carbocycles. The van der Waals surface area contributed by atoms with E-state index >= 15 is 0 Å². The summed E-state index contributed by atoms with van der Waals surface area (Å²) >= 11 is 0. The van der Waals surface area contributed by atoms with E-state index in [1.165, 1.54) is 5.69 Å². The number of anilines is 1. The summed E-state index contributed by atoms with van der Waals surface area (Å²) in [7, 11) is 2.10. The van der Waals surface area contributed by atoms with Crippen LogP contribution in [0.2, 0.25) is 0 Å². The summed E-state index contributed by atoms with van der Waals surface area (Å²) < 4.78 is 0.